The van der Waals surface area contributed by atoms with E-state index in [1.807, 2.05) is 0 Å². The Hall–Kier alpha value is 1.00. The van der Waals surface area contributed by atoms with Gasteiger partial charge in [0.05, 0.1) is 39.6 Å². The van der Waals surface area contributed by atoms with E-state index in [9.17, 15) is 28.4 Å². The molecule has 0 atom stereocenters. The molecule has 0 unspecified atom stereocenters. The van der Waals surface area contributed by atoms with Crippen LogP contribution in [-0.2, 0) is 62.6 Å². The van der Waals surface area contributed by atoms with Crippen LogP contribution >= 0.6 is 23.5 Å². The van der Waals surface area contributed by atoms with Crippen molar-refractivity contribution in [1.82, 2.24) is 0 Å². The predicted molar refractivity (Wildman–Crippen MR) is 272 cm³/mol. The van der Waals surface area contributed by atoms with Crippen molar-refractivity contribution in [2.24, 2.45) is 0 Å². The van der Waals surface area contributed by atoms with Crippen LogP contribution in [0.3, 0.4) is 0 Å². The van der Waals surface area contributed by atoms with E-state index in [0.717, 1.165) is 116 Å². The van der Waals surface area contributed by atoms with Crippen LogP contribution in [0, 0.1) is 0 Å². The maximum absolute atomic E-state index is 11.5. The van der Waals surface area contributed by atoms with Gasteiger partial charge in [-0.3, -0.25) is 13.7 Å². The minimum Gasteiger partial charge on any atom is -0.756 e. The van der Waals surface area contributed by atoms with Crippen molar-refractivity contribution < 1.29 is 82.3 Å². The average molecular weight is 1060 g/mol. The Morgan fingerprint density at radius 2 is 0.373 bits per heavy atom. The van der Waals surface area contributed by atoms with E-state index in [4.69, 9.17) is 32.2 Å². The minimum absolute atomic E-state index is 0. The van der Waals surface area contributed by atoms with Gasteiger partial charge in [0.1, 0.15) is 0 Å². The molecule has 0 aromatic rings. The number of hydrogen-bond acceptors (Lipinski definition) is 13. The van der Waals surface area contributed by atoms with Gasteiger partial charge in [-0.25, -0.2) is 0 Å². The van der Waals surface area contributed by atoms with Crippen LogP contribution in [0.5, 0.6) is 0 Å². The van der Waals surface area contributed by atoms with Gasteiger partial charge in [-0.2, -0.15) is 0 Å². The van der Waals surface area contributed by atoms with Crippen molar-refractivity contribution in [3.8, 4) is 0 Å². The summed E-state index contributed by atoms with van der Waals surface area (Å²) in [6, 6.07) is 0. The van der Waals surface area contributed by atoms with Crippen LogP contribution in [0.4, 0.5) is 0 Å². The maximum atomic E-state index is 11.5. The number of phosphoric ester groups is 3. The minimum atomic E-state index is -4.07. The number of hydrogen-bond donors (Lipinski definition) is 1. The molecule has 0 saturated carbocycles. The Morgan fingerprint density at radius 3 is 0.493 bits per heavy atom. The maximum Gasteiger partial charge on any atom is 3.00 e. The van der Waals surface area contributed by atoms with E-state index in [2.05, 4.69) is 41.5 Å². The molecule has 0 fully saturated rings. The molecule has 1 radical (unpaired) electrons. The summed E-state index contributed by atoms with van der Waals surface area (Å²) >= 11 is 0. The van der Waals surface area contributed by atoms with Crippen molar-refractivity contribution in [2.75, 3.05) is 46.2 Å². The van der Waals surface area contributed by atoms with Gasteiger partial charge in [-0.15, -0.1) is 0 Å². The summed E-state index contributed by atoms with van der Waals surface area (Å²) in [6.07, 6.45) is 40.0. The summed E-state index contributed by atoms with van der Waals surface area (Å²) in [7, 11) is -12.2. The van der Waals surface area contributed by atoms with Crippen molar-refractivity contribution in [3.05, 3.63) is 0 Å². The summed E-state index contributed by atoms with van der Waals surface area (Å²) in [6.45, 7) is 16.5. The molecule has 0 rings (SSSR count). The topological polar surface area (TPSA) is 196 Å². The number of aliphatic hydroxyl groups excluding tert-OH is 1. The molecule has 0 aliphatic rings. The molecule has 0 bridgehead atoms. The predicted octanol–water partition coefficient (Wildman–Crippen LogP) is 15.6. The van der Waals surface area contributed by atoms with Gasteiger partial charge in [0.2, 0.25) is 0 Å². The fourth-order valence-corrected chi connectivity index (χ4v) is 8.80. The van der Waals surface area contributed by atoms with Gasteiger partial charge < -0.3 is 46.9 Å². The summed E-state index contributed by atoms with van der Waals surface area (Å²) in [4.78, 5) is 34.5. The zero-order chi connectivity index (χ0) is 50.1. The van der Waals surface area contributed by atoms with Gasteiger partial charge in [0.15, 0.2) is 0 Å². The van der Waals surface area contributed by atoms with E-state index in [-0.39, 0.29) is 68.0 Å². The first-order chi connectivity index (χ1) is 31.8. The van der Waals surface area contributed by atoms with E-state index in [1.54, 1.807) is 6.92 Å². The smallest absolute Gasteiger partial charge is 0.756 e. The fraction of sp³-hybridized carbons (Fsp3) is 1.00. The van der Waals surface area contributed by atoms with E-state index in [1.165, 1.54) is 116 Å². The monoisotopic (exact) mass is 1060 g/mol. The third-order valence-electron chi connectivity index (χ3n) is 10.5. The Balaban J connectivity index is -0.000000276. The SMILES string of the molecule is CCCCCCCCOP(=O)([O-])OCCCCCCCC.CCCCCCCCOP(=O)([O-])OCCCCCCCC.CCCCCCCCOP(=O)([O-])OCCCCCCCC.CCO.[Ti+3]. The summed E-state index contributed by atoms with van der Waals surface area (Å²) < 4.78 is 63.6. The van der Waals surface area contributed by atoms with Crippen LogP contribution in [-0.4, -0.2) is 51.4 Å². The second-order valence-corrected chi connectivity index (χ2v) is 21.5. The first kappa shape index (κ1) is 76.9. The molecule has 13 nitrogen and oxygen atoms in total. The van der Waals surface area contributed by atoms with Crippen LogP contribution in [0.25, 0.3) is 0 Å². The van der Waals surface area contributed by atoms with Gasteiger partial charge in [0, 0.05) is 6.61 Å². The summed E-state index contributed by atoms with van der Waals surface area (Å²) in [5.74, 6) is 0. The fourth-order valence-electron chi connectivity index (χ4n) is 6.46. The van der Waals surface area contributed by atoms with Crippen molar-refractivity contribution in [3.63, 3.8) is 0 Å². The third kappa shape index (κ3) is 76.1. The number of phosphoric acid groups is 3. The van der Waals surface area contributed by atoms with Crippen LogP contribution < -0.4 is 14.7 Å². The normalized spacial score (nSPS) is 11.5. The van der Waals surface area contributed by atoms with Crippen LogP contribution in [0.1, 0.15) is 280 Å². The second-order valence-electron chi connectivity index (χ2n) is 17.3. The number of rotatable bonds is 48. The molecule has 0 aliphatic heterocycles. The van der Waals surface area contributed by atoms with E-state index in [0.29, 0.717) is 0 Å². The Morgan fingerprint density at radius 1 is 0.269 bits per heavy atom. The molecule has 0 amide bonds. The molecule has 0 heterocycles. The molecule has 0 aliphatic carbocycles. The molecular formula is C50H108O13P3Ti. The van der Waals surface area contributed by atoms with Gasteiger partial charge in [-0.1, -0.05) is 234 Å². The van der Waals surface area contributed by atoms with Gasteiger partial charge in [-0.05, 0) is 45.4 Å². The summed E-state index contributed by atoms with van der Waals surface area (Å²) in [5, 5.41) is 7.57. The first-order valence-corrected chi connectivity index (χ1v) is 31.6. The Bertz CT molecular complexity index is 860. The zero-order valence-electron chi connectivity index (χ0n) is 44.6. The molecule has 0 spiro atoms. The zero-order valence-corrected chi connectivity index (χ0v) is 48.8. The number of aliphatic hydroxyl groups is 1. The van der Waals surface area contributed by atoms with Crippen molar-refractivity contribution in [2.45, 2.75) is 280 Å². The average Bonchev–Trinajstić information content (AvgIpc) is 3.28. The van der Waals surface area contributed by atoms with Gasteiger partial charge in [0.25, 0.3) is 23.5 Å². The molecule has 405 valence electrons. The van der Waals surface area contributed by atoms with E-state index >= 15 is 0 Å². The standard InChI is InChI=1S/3C16H35O4P.C2H6O.Ti/c3*1-3-5-7-9-11-13-15-19-21(17,18)20-16-14-12-10-8-6-4-2;1-2-3;/h3*3-16H2,1-2H3,(H,17,18);3H,2H2,1H3;/q;;;;+3/p-3. The second kappa shape index (κ2) is 63.1. The van der Waals surface area contributed by atoms with Crippen molar-refractivity contribution in [1.29, 1.82) is 0 Å². The first-order valence-electron chi connectivity index (χ1n) is 27.2. The Labute approximate surface area is 429 Å². The molecule has 17 heteroatoms. The van der Waals surface area contributed by atoms with Crippen LogP contribution in [0.2, 0.25) is 0 Å². The Kier molecular flexibility index (Phi) is 72.5. The molecular weight excluding hydrogens is 949 g/mol. The molecule has 67 heavy (non-hydrogen) atoms. The largest absolute Gasteiger partial charge is 3.00 e. The number of unbranched alkanes of at least 4 members (excludes halogenated alkanes) is 30. The molecule has 0 aromatic heterocycles. The van der Waals surface area contributed by atoms with Crippen LogP contribution in [0.15, 0.2) is 0 Å². The quantitative estimate of drug-likeness (QED) is 0.0344. The molecule has 1 N–H and O–H groups in total. The molecule has 0 saturated heterocycles. The third-order valence-corrected chi connectivity index (χ3v) is 13.5. The molecule has 0 aromatic carbocycles. The summed E-state index contributed by atoms with van der Waals surface area (Å²) in [5.41, 5.74) is 0. The van der Waals surface area contributed by atoms with Gasteiger partial charge >= 0.3 is 21.7 Å². The van der Waals surface area contributed by atoms with E-state index < -0.39 is 23.5 Å². The van der Waals surface area contributed by atoms with Crippen molar-refractivity contribution >= 4 is 23.5 Å².